The summed E-state index contributed by atoms with van der Waals surface area (Å²) < 4.78 is 0. The molecule has 42 valence electrons. The number of aliphatic imine (C=N–C) groups is 1. The Morgan fingerprint density at radius 2 is 2.62 bits per heavy atom. The largest absolute Gasteiger partial charge is 0.277 e. The van der Waals surface area contributed by atoms with Crippen molar-refractivity contribution in [1.29, 1.82) is 0 Å². The van der Waals surface area contributed by atoms with Crippen LogP contribution in [0, 0.1) is 0 Å². The molecule has 1 nitrogen and oxygen atoms in total. The van der Waals surface area contributed by atoms with E-state index in [2.05, 4.69) is 11.1 Å². The summed E-state index contributed by atoms with van der Waals surface area (Å²) in [6, 6.07) is 0. The third-order valence-corrected chi connectivity index (χ3v) is 2.44. The van der Waals surface area contributed by atoms with Crippen LogP contribution in [0.2, 0.25) is 0 Å². The van der Waals surface area contributed by atoms with Crippen LogP contribution >= 0.6 is 11.8 Å². The highest BCUT2D eigenvalue weighted by Crippen LogP contribution is 2.31. The number of rotatable bonds is 0. The summed E-state index contributed by atoms with van der Waals surface area (Å²) in [5.74, 6) is 0.973. The number of thioether (sulfide) groups is 1. The van der Waals surface area contributed by atoms with E-state index in [1.54, 1.807) is 0 Å². The smallest absolute Gasteiger partial charge is 0.0894 e. The number of allylic oxidation sites excluding steroid dienone is 2. The lowest BCUT2D eigenvalue weighted by Crippen LogP contribution is -1.84. The van der Waals surface area contributed by atoms with Gasteiger partial charge in [0.15, 0.2) is 0 Å². The number of hydrogen-bond acceptors (Lipinski definition) is 2. The van der Waals surface area contributed by atoms with Crippen molar-refractivity contribution >= 4 is 17.5 Å². The van der Waals surface area contributed by atoms with Crippen molar-refractivity contribution in [2.24, 2.45) is 4.99 Å². The van der Waals surface area contributed by atoms with Crippen LogP contribution in [0.1, 0.15) is 12.8 Å². The summed E-state index contributed by atoms with van der Waals surface area (Å²) in [6.45, 7) is 0. The zero-order valence-corrected chi connectivity index (χ0v) is 5.37. The van der Waals surface area contributed by atoms with Crippen molar-refractivity contribution in [2.75, 3.05) is 5.88 Å². The molecule has 1 heterocycles. The van der Waals surface area contributed by atoms with Gasteiger partial charge in [0.05, 0.1) is 5.88 Å². The number of nitrogens with zero attached hydrogens (tertiary/aromatic N) is 1. The fraction of sp³-hybridized carbons (Fsp3) is 0.500. The lowest BCUT2D eigenvalue weighted by molar-refractivity contribution is 1.13. The van der Waals surface area contributed by atoms with E-state index in [1.165, 1.54) is 23.5 Å². The van der Waals surface area contributed by atoms with Gasteiger partial charge in [0.2, 0.25) is 0 Å². The standard InChI is InChI=1S/C6H7NS/c1-2-5-6(3-1)8-4-7-5/h3H,1-2,4H2. The van der Waals surface area contributed by atoms with E-state index in [0.717, 1.165) is 5.88 Å². The molecular formula is C6H7NS. The molecular weight excluding hydrogens is 118 g/mol. The van der Waals surface area contributed by atoms with Gasteiger partial charge in [0.25, 0.3) is 0 Å². The summed E-state index contributed by atoms with van der Waals surface area (Å²) in [4.78, 5) is 5.76. The molecule has 0 fully saturated rings. The van der Waals surface area contributed by atoms with Gasteiger partial charge in [-0.05, 0) is 12.8 Å². The van der Waals surface area contributed by atoms with Crippen molar-refractivity contribution in [2.45, 2.75) is 12.8 Å². The Morgan fingerprint density at radius 3 is 3.50 bits per heavy atom. The number of hydrogen-bond donors (Lipinski definition) is 0. The Hall–Kier alpha value is -0.240. The van der Waals surface area contributed by atoms with Crippen LogP contribution in [0.25, 0.3) is 0 Å². The fourth-order valence-corrected chi connectivity index (χ4v) is 1.99. The molecule has 0 radical (unpaired) electrons. The summed E-state index contributed by atoms with van der Waals surface area (Å²) >= 11 is 1.87. The quantitative estimate of drug-likeness (QED) is 0.481. The van der Waals surface area contributed by atoms with Gasteiger partial charge in [-0.1, -0.05) is 6.08 Å². The maximum Gasteiger partial charge on any atom is 0.0894 e. The molecule has 0 unspecified atom stereocenters. The molecule has 0 saturated heterocycles. The van der Waals surface area contributed by atoms with Crippen LogP contribution in [0.3, 0.4) is 0 Å². The molecule has 2 heteroatoms. The third-order valence-electron chi connectivity index (χ3n) is 1.47. The Balaban J connectivity index is 2.37. The maximum absolute atomic E-state index is 4.31. The Kier molecular flexibility index (Phi) is 0.937. The topological polar surface area (TPSA) is 12.4 Å². The van der Waals surface area contributed by atoms with Gasteiger partial charge in [-0.25, -0.2) is 0 Å². The van der Waals surface area contributed by atoms with Crippen molar-refractivity contribution in [3.8, 4) is 0 Å². The maximum atomic E-state index is 4.31. The summed E-state index contributed by atoms with van der Waals surface area (Å²) in [5.41, 5.74) is 1.36. The molecule has 8 heavy (non-hydrogen) atoms. The van der Waals surface area contributed by atoms with Gasteiger partial charge >= 0.3 is 0 Å². The molecule has 0 N–H and O–H groups in total. The Labute approximate surface area is 52.9 Å². The molecule has 0 bridgehead atoms. The van der Waals surface area contributed by atoms with Crippen LogP contribution in [-0.4, -0.2) is 11.6 Å². The average molecular weight is 125 g/mol. The SMILES string of the molecule is C1=C2SCN=C2CC1. The van der Waals surface area contributed by atoms with Crippen LogP contribution < -0.4 is 0 Å². The fourth-order valence-electron chi connectivity index (χ4n) is 1.06. The van der Waals surface area contributed by atoms with Crippen molar-refractivity contribution < 1.29 is 0 Å². The molecule has 1 aliphatic carbocycles. The second-order valence-corrected chi connectivity index (χ2v) is 2.97. The third kappa shape index (κ3) is 0.525. The first kappa shape index (κ1) is 4.62. The van der Waals surface area contributed by atoms with Crippen LogP contribution in [0.4, 0.5) is 0 Å². The first-order valence-corrected chi connectivity index (χ1v) is 3.82. The Morgan fingerprint density at radius 1 is 1.62 bits per heavy atom. The van der Waals surface area contributed by atoms with E-state index >= 15 is 0 Å². The van der Waals surface area contributed by atoms with Gasteiger partial charge < -0.3 is 0 Å². The number of fused-ring (bicyclic) bond motifs is 1. The monoisotopic (exact) mass is 125 g/mol. The van der Waals surface area contributed by atoms with Crippen molar-refractivity contribution in [3.05, 3.63) is 11.0 Å². The van der Waals surface area contributed by atoms with Gasteiger partial charge in [-0.2, -0.15) is 0 Å². The lowest BCUT2D eigenvalue weighted by Gasteiger charge is -1.84. The van der Waals surface area contributed by atoms with Gasteiger partial charge in [-0.15, -0.1) is 11.8 Å². The average Bonchev–Trinajstić information content (AvgIpc) is 2.15. The molecule has 0 spiro atoms. The van der Waals surface area contributed by atoms with Gasteiger partial charge in [0, 0.05) is 10.6 Å². The van der Waals surface area contributed by atoms with Gasteiger partial charge in [0.1, 0.15) is 0 Å². The minimum Gasteiger partial charge on any atom is -0.277 e. The molecule has 0 atom stereocenters. The zero-order valence-electron chi connectivity index (χ0n) is 4.55. The molecule has 0 aromatic heterocycles. The molecule has 2 aliphatic rings. The predicted octanol–water partition coefficient (Wildman–Crippen LogP) is 1.81. The van der Waals surface area contributed by atoms with Crippen LogP contribution in [-0.2, 0) is 0 Å². The molecule has 0 aromatic carbocycles. The van der Waals surface area contributed by atoms with E-state index in [4.69, 9.17) is 0 Å². The lowest BCUT2D eigenvalue weighted by atomic mass is 10.3. The first-order valence-electron chi connectivity index (χ1n) is 2.83. The molecule has 0 saturated carbocycles. The second kappa shape index (κ2) is 1.62. The summed E-state index contributed by atoms with van der Waals surface area (Å²) in [6.07, 6.45) is 4.71. The zero-order chi connectivity index (χ0) is 5.40. The van der Waals surface area contributed by atoms with Crippen molar-refractivity contribution in [1.82, 2.24) is 0 Å². The Bertz CT molecular complexity index is 149. The second-order valence-electron chi connectivity index (χ2n) is 1.99. The highest BCUT2D eigenvalue weighted by molar-refractivity contribution is 8.04. The first-order chi connectivity index (χ1) is 3.97. The van der Waals surface area contributed by atoms with Crippen LogP contribution in [0.5, 0.6) is 0 Å². The van der Waals surface area contributed by atoms with E-state index in [0.29, 0.717) is 0 Å². The normalized spacial score (nSPS) is 25.0. The highest BCUT2D eigenvalue weighted by Gasteiger charge is 2.17. The van der Waals surface area contributed by atoms with Crippen molar-refractivity contribution in [3.63, 3.8) is 0 Å². The summed E-state index contributed by atoms with van der Waals surface area (Å²) in [5, 5.41) is 0. The van der Waals surface area contributed by atoms with E-state index in [9.17, 15) is 0 Å². The molecule has 0 aromatic rings. The molecule has 2 rings (SSSR count). The highest BCUT2D eigenvalue weighted by atomic mass is 32.2. The van der Waals surface area contributed by atoms with Crippen LogP contribution in [0.15, 0.2) is 16.0 Å². The minimum atomic E-state index is 0.973. The van der Waals surface area contributed by atoms with E-state index < -0.39 is 0 Å². The van der Waals surface area contributed by atoms with E-state index in [-0.39, 0.29) is 0 Å². The molecule has 0 amide bonds. The molecule has 1 aliphatic heterocycles. The minimum absolute atomic E-state index is 0.973. The van der Waals surface area contributed by atoms with E-state index in [1.807, 2.05) is 11.8 Å². The predicted molar refractivity (Wildman–Crippen MR) is 37.2 cm³/mol. The van der Waals surface area contributed by atoms with Gasteiger partial charge in [-0.3, -0.25) is 4.99 Å². The summed E-state index contributed by atoms with van der Waals surface area (Å²) in [7, 11) is 0.